The average Bonchev–Trinajstić information content (AvgIpc) is 3.43. The van der Waals surface area contributed by atoms with Crippen LogP contribution in [-0.2, 0) is 38.2 Å². The molecule has 5 N–H and O–H groups in total. The predicted molar refractivity (Wildman–Crippen MR) is 313 cm³/mol. The van der Waals surface area contributed by atoms with Crippen LogP contribution in [0.2, 0.25) is 0 Å². The monoisotopic (exact) mass is 1130 g/mol. The topological polar surface area (TPSA) is 100 Å². The van der Waals surface area contributed by atoms with E-state index in [2.05, 4.69) is 93.5 Å². The van der Waals surface area contributed by atoms with E-state index in [0.717, 1.165) is 151 Å². The molecule has 5 heterocycles. The van der Waals surface area contributed by atoms with Crippen molar-refractivity contribution in [3.63, 3.8) is 0 Å². The standard InChI is InChI=1S/C24H39N3O.C22H32F3NO.C20H30F3NO/c1-18-4-6-22(7-5-18)24(3,26)17-23(16-19(2)25)27-12-8-20(9-13-27)21-10-14-28-15-11-21;1-21(2,19-3-5-20(6-4-19)22(23,24)25)11-14-26-12-7-17(8-13-26)18-9-15-27-16-10-18;1-15(24-11-8-16(9-12-24)10-13-25)14-19(2,3)17-4-6-18(7-5-17)20(21,22)23/h4-7,16,20-21,23H,8-15,17,25-26H2,1-3H3;3-6,17-18H,7-16H2,1-2H3;4-7,15-16,25H,8-14H2,1-3H3/b19-16+;;. The highest BCUT2D eigenvalue weighted by molar-refractivity contribution is 5.31. The fourth-order valence-electron chi connectivity index (χ4n) is 13.5. The molecular formula is C66H101F6N5O3. The molecule has 14 heteroatoms. The van der Waals surface area contributed by atoms with Gasteiger partial charge in [-0.05, 0) is 251 Å². The second kappa shape index (κ2) is 29.8. The summed E-state index contributed by atoms with van der Waals surface area (Å²) < 4.78 is 87.5. The summed E-state index contributed by atoms with van der Waals surface area (Å²) in [6.07, 6.45) is 9.55. The molecule has 5 aliphatic heterocycles. The number of ether oxygens (including phenoxy) is 2. The van der Waals surface area contributed by atoms with Gasteiger partial charge in [0.25, 0.3) is 0 Å². The molecule has 8 nitrogen and oxygen atoms in total. The molecule has 3 aromatic carbocycles. The maximum absolute atomic E-state index is 12.8. The molecule has 0 radical (unpaired) electrons. The highest BCUT2D eigenvalue weighted by atomic mass is 19.4. The molecule has 3 aromatic rings. The molecule has 8 rings (SSSR count). The number of hydrogen-bond donors (Lipinski definition) is 3. The fourth-order valence-corrected chi connectivity index (χ4v) is 13.5. The van der Waals surface area contributed by atoms with Crippen LogP contribution in [-0.4, -0.2) is 111 Å². The smallest absolute Gasteiger partial charge is 0.402 e. The molecule has 5 aliphatic rings. The predicted octanol–water partition coefficient (Wildman–Crippen LogP) is 14.3. The van der Waals surface area contributed by atoms with E-state index >= 15 is 0 Å². The van der Waals surface area contributed by atoms with Crippen LogP contribution in [0.4, 0.5) is 26.3 Å². The van der Waals surface area contributed by atoms with Crippen molar-refractivity contribution in [3.8, 4) is 0 Å². The van der Waals surface area contributed by atoms with Crippen molar-refractivity contribution in [2.45, 2.75) is 186 Å². The van der Waals surface area contributed by atoms with Crippen LogP contribution in [0, 0.1) is 36.5 Å². The number of hydrogen-bond acceptors (Lipinski definition) is 8. The molecular weight excluding hydrogens is 1020 g/mol. The van der Waals surface area contributed by atoms with Crippen LogP contribution in [0.3, 0.4) is 0 Å². The molecule has 0 amide bonds. The summed E-state index contributed by atoms with van der Waals surface area (Å²) in [7, 11) is 0. The third-order valence-electron chi connectivity index (χ3n) is 19.0. The summed E-state index contributed by atoms with van der Waals surface area (Å²) in [6, 6.07) is 20.6. The third kappa shape index (κ3) is 20.1. The van der Waals surface area contributed by atoms with Gasteiger partial charge in [-0.15, -0.1) is 0 Å². The number of halogens is 6. The van der Waals surface area contributed by atoms with E-state index < -0.39 is 23.5 Å². The first-order valence-corrected chi connectivity index (χ1v) is 30.4. The molecule has 5 fully saturated rings. The summed E-state index contributed by atoms with van der Waals surface area (Å²) >= 11 is 0. The van der Waals surface area contributed by atoms with Crippen molar-refractivity contribution < 1.29 is 40.9 Å². The van der Waals surface area contributed by atoms with Crippen LogP contribution >= 0.6 is 0 Å². The van der Waals surface area contributed by atoms with Crippen LogP contribution in [0.15, 0.2) is 84.6 Å². The summed E-state index contributed by atoms with van der Waals surface area (Å²) in [6.45, 7) is 28.6. The van der Waals surface area contributed by atoms with Gasteiger partial charge in [0.05, 0.1) is 11.1 Å². The van der Waals surface area contributed by atoms with Gasteiger partial charge in [-0.2, -0.15) is 26.3 Å². The lowest BCUT2D eigenvalue weighted by Crippen LogP contribution is -2.47. The number of piperidine rings is 3. The van der Waals surface area contributed by atoms with E-state index in [9.17, 15) is 26.3 Å². The van der Waals surface area contributed by atoms with Gasteiger partial charge in [0, 0.05) is 56.4 Å². The van der Waals surface area contributed by atoms with Crippen LogP contribution in [0.1, 0.15) is 172 Å². The van der Waals surface area contributed by atoms with Gasteiger partial charge in [0.1, 0.15) is 0 Å². The highest BCUT2D eigenvalue weighted by Crippen LogP contribution is 2.39. The van der Waals surface area contributed by atoms with Gasteiger partial charge in [-0.3, -0.25) is 4.90 Å². The van der Waals surface area contributed by atoms with Crippen molar-refractivity contribution >= 4 is 0 Å². The van der Waals surface area contributed by atoms with Crippen molar-refractivity contribution in [3.05, 3.63) is 118 Å². The molecule has 0 spiro atoms. The quantitative estimate of drug-likeness (QED) is 0.115. The number of aliphatic hydroxyl groups excluding tert-OH is 1. The maximum atomic E-state index is 12.8. The van der Waals surface area contributed by atoms with E-state index in [1.54, 1.807) is 24.3 Å². The van der Waals surface area contributed by atoms with E-state index in [1.807, 2.05) is 6.92 Å². The summed E-state index contributed by atoms with van der Waals surface area (Å²) in [4.78, 5) is 7.60. The molecule has 0 aromatic heterocycles. The summed E-state index contributed by atoms with van der Waals surface area (Å²) in [5.41, 5.74) is 16.3. The van der Waals surface area contributed by atoms with Crippen molar-refractivity contribution in [2.24, 2.45) is 41.1 Å². The number of nitrogens with two attached hydrogens (primary N) is 2. The first-order valence-electron chi connectivity index (χ1n) is 30.4. The molecule has 0 saturated carbocycles. The average molecular weight is 1130 g/mol. The van der Waals surface area contributed by atoms with E-state index in [1.165, 1.54) is 86.8 Å². The Morgan fingerprint density at radius 1 is 0.575 bits per heavy atom. The van der Waals surface area contributed by atoms with E-state index in [-0.39, 0.29) is 29.0 Å². The lowest BCUT2D eigenvalue weighted by atomic mass is 9.78. The summed E-state index contributed by atoms with van der Waals surface area (Å²) in [5, 5.41) is 9.06. The normalized spacial score (nSPS) is 21.7. The van der Waals surface area contributed by atoms with Crippen molar-refractivity contribution in [1.82, 2.24) is 14.7 Å². The number of benzene rings is 3. The fraction of sp³-hybridized carbons (Fsp3) is 0.697. The molecule has 5 saturated heterocycles. The van der Waals surface area contributed by atoms with Gasteiger partial charge < -0.3 is 35.8 Å². The van der Waals surface area contributed by atoms with Crippen molar-refractivity contribution in [1.29, 1.82) is 0 Å². The zero-order valence-electron chi connectivity index (χ0n) is 50.0. The number of likely N-dealkylation sites (tertiary alicyclic amines) is 3. The Kier molecular flexibility index (Phi) is 24.5. The molecule has 80 heavy (non-hydrogen) atoms. The molecule has 0 bridgehead atoms. The first kappa shape index (κ1) is 65.7. The number of alkyl halides is 6. The summed E-state index contributed by atoms with van der Waals surface area (Å²) in [5.74, 6) is 4.01. The van der Waals surface area contributed by atoms with Crippen LogP contribution in [0.25, 0.3) is 0 Å². The van der Waals surface area contributed by atoms with Gasteiger partial charge in [0.15, 0.2) is 0 Å². The van der Waals surface area contributed by atoms with Crippen LogP contribution in [0.5, 0.6) is 0 Å². The van der Waals surface area contributed by atoms with Gasteiger partial charge in [-0.25, -0.2) is 0 Å². The molecule has 3 unspecified atom stereocenters. The highest BCUT2D eigenvalue weighted by Gasteiger charge is 2.36. The number of aliphatic hydroxyl groups is 1. The van der Waals surface area contributed by atoms with Gasteiger partial charge in [-0.1, -0.05) is 81.8 Å². The number of allylic oxidation sites excluding steroid dienone is 1. The lowest BCUT2D eigenvalue weighted by molar-refractivity contribution is -0.138. The zero-order valence-corrected chi connectivity index (χ0v) is 50.0. The lowest BCUT2D eigenvalue weighted by Gasteiger charge is -2.42. The zero-order chi connectivity index (χ0) is 58.3. The minimum atomic E-state index is -4.28. The Hall–Kier alpha value is -3.50. The second-order valence-electron chi connectivity index (χ2n) is 26.1. The molecule has 450 valence electrons. The SMILES string of the molecule is C/C(N)=C\C(CC(C)(N)c1ccc(C)cc1)N1CCC(C2CCOCC2)CC1.CC(C)(CCN1CCC(C2CCOCC2)CC1)c1ccc(C(F)(F)F)cc1.CC(CC(C)(C)c1ccc(C(F)(F)F)cc1)N1CCC(CCO)CC1. The van der Waals surface area contributed by atoms with E-state index in [4.69, 9.17) is 26.0 Å². The third-order valence-corrected chi connectivity index (χ3v) is 19.0. The van der Waals surface area contributed by atoms with Crippen molar-refractivity contribution in [2.75, 3.05) is 78.8 Å². The largest absolute Gasteiger partial charge is 0.416 e. The van der Waals surface area contributed by atoms with Crippen LogP contribution < -0.4 is 11.5 Å². The Bertz CT molecular complexity index is 2260. The minimum Gasteiger partial charge on any atom is -0.402 e. The van der Waals surface area contributed by atoms with Gasteiger partial charge in [0.2, 0.25) is 0 Å². The van der Waals surface area contributed by atoms with Gasteiger partial charge >= 0.3 is 12.4 Å². The number of nitrogens with zero attached hydrogens (tertiary/aromatic N) is 3. The Morgan fingerprint density at radius 3 is 1.41 bits per heavy atom. The molecule has 0 aliphatic carbocycles. The minimum absolute atomic E-state index is 0.123. The Morgan fingerprint density at radius 2 is 0.975 bits per heavy atom. The maximum Gasteiger partial charge on any atom is 0.416 e. The number of aryl methyl sites for hydroxylation is 1. The second-order valence-corrected chi connectivity index (χ2v) is 26.1. The number of rotatable bonds is 17. The first-order chi connectivity index (χ1) is 37.7. The Balaban J connectivity index is 0.000000194. The Labute approximate surface area is 477 Å². The molecule has 3 atom stereocenters. The van der Waals surface area contributed by atoms with E-state index in [0.29, 0.717) is 12.0 Å².